The molecule has 20 heavy (non-hydrogen) atoms. The zero-order valence-corrected chi connectivity index (χ0v) is 13.9. The molecule has 0 bridgehead atoms. The highest BCUT2D eigenvalue weighted by atomic mass is 79.9. The van der Waals surface area contributed by atoms with Crippen LogP contribution in [0.1, 0.15) is 34.0 Å². The molecule has 106 valence electrons. The molecule has 0 fully saturated rings. The molecule has 0 amide bonds. The van der Waals surface area contributed by atoms with Crippen LogP contribution in [0.4, 0.5) is 0 Å². The van der Waals surface area contributed by atoms with Crippen LogP contribution in [0, 0.1) is 13.8 Å². The SMILES string of the molecule is CCOc1ccccc1C(Br)Cc1cc(C)ccc1C. The Morgan fingerprint density at radius 2 is 1.85 bits per heavy atom. The van der Waals surface area contributed by atoms with Crippen LogP contribution in [0.3, 0.4) is 0 Å². The van der Waals surface area contributed by atoms with Crippen molar-refractivity contribution in [2.45, 2.75) is 32.0 Å². The van der Waals surface area contributed by atoms with Crippen molar-refractivity contribution in [2.24, 2.45) is 0 Å². The fourth-order valence-corrected chi connectivity index (χ4v) is 3.08. The smallest absolute Gasteiger partial charge is 0.123 e. The number of benzene rings is 2. The molecule has 2 aromatic rings. The van der Waals surface area contributed by atoms with Gasteiger partial charge >= 0.3 is 0 Å². The Hall–Kier alpha value is -1.28. The number of halogens is 1. The molecule has 0 aliphatic rings. The van der Waals surface area contributed by atoms with E-state index in [2.05, 4.69) is 60.1 Å². The number of aryl methyl sites for hydroxylation is 2. The quantitative estimate of drug-likeness (QED) is 0.668. The minimum Gasteiger partial charge on any atom is -0.494 e. The Morgan fingerprint density at radius 3 is 2.60 bits per heavy atom. The van der Waals surface area contributed by atoms with Gasteiger partial charge in [0.2, 0.25) is 0 Å². The lowest BCUT2D eigenvalue weighted by molar-refractivity contribution is 0.336. The second-order valence-electron chi connectivity index (χ2n) is 5.07. The van der Waals surface area contributed by atoms with Gasteiger partial charge in [0.25, 0.3) is 0 Å². The normalized spacial score (nSPS) is 12.2. The van der Waals surface area contributed by atoms with Crippen molar-refractivity contribution in [2.75, 3.05) is 6.61 Å². The largest absolute Gasteiger partial charge is 0.494 e. The van der Waals surface area contributed by atoms with Gasteiger partial charge in [0.15, 0.2) is 0 Å². The summed E-state index contributed by atoms with van der Waals surface area (Å²) in [6.07, 6.45) is 0.970. The van der Waals surface area contributed by atoms with Gasteiger partial charge in [-0.2, -0.15) is 0 Å². The molecule has 0 aliphatic heterocycles. The first kappa shape index (κ1) is 15.1. The Kier molecular flexibility index (Phi) is 5.24. The lowest BCUT2D eigenvalue weighted by Gasteiger charge is -2.16. The van der Waals surface area contributed by atoms with Crippen LogP contribution in [0.25, 0.3) is 0 Å². The fraction of sp³-hybridized carbons (Fsp3) is 0.333. The summed E-state index contributed by atoms with van der Waals surface area (Å²) in [6, 6.07) is 14.9. The molecule has 1 unspecified atom stereocenters. The summed E-state index contributed by atoms with van der Waals surface area (Å²) in [5.74, 6) is 0.974. The molecule has 0 saturated carbocycles. The molecule has 0 aromatic heterocycles. The maximum Gasteiger partial charge on any atom is 0.123 e. The topological polar surface area (TPSA) is 9.23 Å². The highest BCUT2D eigenvalue weighted by Crippen LogP contribution is 2.34. The van der Waals surface area contributed by atoms with E-state index in [1.54, 1.807) is 0 Å². The van der Waals surface area contributed by atoms with E-state index in [1.165, 1.54) is 22.3 Å². The first-order valence-electron chi connectivity index (χ1n) is 7.03. The lowest BCUT2D eigenvalue weighted by atomic mass is 9.98. The van der Waals surface area contributed by atoms with Crippen LogP contribution in [0.5, 0.6) is 5.75 Å². The summed E-state index contributed by atoms with van der Waals surface area (Å²) >= 11 is 3.82. The Balaban J connectivity index is 2.23. The standard InChI is InChI=1S/C18H21BrO/c1-4-20-18-8-6-5-7-16(18)17(19)12-15-11-13(2)9-10-14(15)3/h5-11,17H,4,12H2,1-3H3. The van der Waals surface area contributed by atoms with Gasteiger partial charge in [-0.1, -0.05) is 57.9 Å². The highest BCUT2D eigenvalue weighted by molar-refractivity contribution is 9.09. The van der Waals surface area contributed by atoms with Crippen LogP contribution in [-0.4, -0.2) is 6.61 Å². The van der Waals surface area contributed by atoms with Crippen molar-refractivity contribution < 1.29 is 4.74 Å². The maximum absolute atomic E-state index is 5.72. The van der Waals surface area contributed by atoms with E-state index in [0.29, 0.717) is 6.61 Å². The number of para-hydroxylation sites is 1. The van der Waals surface area contributed by atoms with Crippen LogP contribution in [0.15, 0.2) is 42.5 Å². The summed E-state index contributed by atoms with van der Waals surface area (Å²) in [7, 11) is 0. The van der Waals surface area contributed by atoms with Gasteiger partial charge in [0.1, 0.15) is 5.75 Å². The average Bonchev–Trinajstić information content (AvgIpc) is 2.44. The summed E-state index contributed by atoms with van der Waals surface area (Å²) in [4.78, 5) is 0.269. The molecule has 2 rings (SSSR count). The van der Waals surface area contributed by atoms with Crippen LogP contribution < -0.4 is 4.74 Å². The summed E-state index contributed by atoms with van der Waals surface area (Å²) in [5.41, 5.74) is 5.26. The molecule has 0 N–H and O–H groups in total. The number of hydrogen-bond donors (Lipinski definition) is 0. The van der Waals surface area contributed by atoms with E-state index in [9.17, 15) is 0 Å². The Bertz CT molecular complexity index is 577. The second-order valence-corrected chi connectivity index (χ2v) is 6.18. The van der Waals surface area contributed by atoms with Gasteiger partial charge in [0.05, 0.1) is 6.61 Å². The predicted octanol–water partition coefficient (Wildman–Crippen LogP) is 5.38. The summed E-state index contributed by atoms with van der Waals surface area (Å²) < 4.78 is 5.72. The predicted molar refractivity (Wildman–Crippen MR) is 88.9 cm³/mol. The van der Waals surface area contributed by atoms with Crippen molar-refractivity contribution in [3.63, 3.8) is 0 Å². The maximum atomic E-state index is 5.72. The van der Waals surface area contributed by atoms with Crippen LogP contribution >= 0.6 is 15.9 Å². The first-order valence-corrected chi connectivity index (χ1v) is 7.95. The van der Waals surface area contributed by atoms with Crippen molar-refractivity contribution in [3.05, 3.63) is 64.7 Å². The third-order valence-corrected chi connectivity index (χ3v) is 4.28. The first-order chi connectivity index (χ1) is 9.61. The van der Waals surface area contributed by atoms with Gasteiger partial charge in [-0.05, 0) is 44.4 Å². The number of rotatable bonds is 5. The molecule has 2 heteroatoms. The number of alkyl halides is 1. The molecule has 1 atom stereocenters. The summed E-state index contributed by atoms with van der Waals surface area (Å²) in [6.45, 7) is 7.02. The number of ether oxygens (including phenoxy) is 1. The minimum atomic E-state index is 0.269. The van der Waals surface area contributed by atoms with Gasteiger partial charge in [-0.3, -0.25) is 0 Å². The van der Waals surface area contributed by atoms with Gasteiger partial charge < -0.3 is 4.74 Å². The van der Waals surface area contributed by atoms with E-state index >= 15 is 0 Å². The zero-order chi connectivity index (χ0) is 14.5. The van der Waals surface area contributed by atoms with E-state index in [1.807, 2.05) is 19.1 Å². The van der Waals surface area contributed by atoms with E-state index < -0.39 is 0 Å². The van der Waals surface area contributed by atoms with E-state index in [0.717, 1.165) is 12.2 Å². The Labute approximate surface area is 130 Å². The minimum absolute atomic E-state index is 0.269. The van der Waals surface area contributed by atoms with Crippen LogP contribution in [0.2, 0.25) is 0 Å². The molecule has 1 nitrogen and oxygen atoms in total. The molecule has 0 saturated heterocycles. The monoisotopic (exact) mass is 332 g/mol. The third kappa shape index (κ3) is 3.63. The number of hydrogen-bond acceptors (Lipinski definition) is 1. The Morgan fingerprint density at radius 1 is 1.10 bits per heavy atom. The van der Waals surface area contributed by atoms with Crippen molar-refractivity contribution in [1.29, 1.82) is 0 Å². The average molecular weight is 333 g/mol. The second kappa shape index (κ2) is 6.94. The third-order valence-electron chi connectivity index (χ3n) is 3.46. The van der Waals surface area contributed by atoms with E-state index in [4.69, 9.17) is 4.74 Å². The highest BCUT2D eigenvalue weighted by Gasteiger charge is 2.14. The molecule has 2 aromatic carbocycles. The molecular weight excluding hydrogens is 312 g/mol. The van der Waals surface area contributed by atoms with Crippen molar-refractivity contribution in [1.82, 2.24) is 0 Å². The van der Waals surface area contributed by atoms with Crippen molar-refractivity contribution >= 4 is 15.9 Å². The lowest BCUT2D eigenvalue weighted by Crippen LogP contribution is -2.02. The molecule has 0 heterocycles. The van der Waals surface area contributed by atoms with Crippen LogP contribution in [-0.2, 0) is 6.42 Å². The zero-order valence-electron chi connectivity index (χ0n) is 12.3. The van der Waals surface area contributed by atoms with Gasteiger partial charge in [-0.25, -0.2) is 0 Å². The summed E-state index contributed by atoms with van der Waals surface area (Å²) in [5, 5.41) is 0. The van der Waals surface area contributed by atoms with Gasteiger partial charge in [-0.15, -0.1) is 0 Å². The van der Waals surface area contributed by atoms with Gasteiger partial charge in [0, 0.05) is 10.4 Å². The fourth-order valence-electron chi connectivity index (χ4n) is 2.35. The molecule has 0 radical (unpaired) electrons. The molecule has 0 spiro atoms. The van der Waals surface area contributed by atoms with E-state index in [-0.39, 0.29) is 4.83 Å². The van der Waals surface area contributed by atoms with Crippen molar-refractivity contribution in [3.8, 4) is 5.75 Å². The molecule has 0 aliphatic carbocycles. The molecular formula is C18H21BrO.